The molecule has 1 N–H and O–H groups in total. The molecular formula is C13H13NO3S. The van der Waals surface area contributed by atoms with Crippen molar-refractivity contribution >= 4 is 17.7 Å². The van der Waals surface area contributed by atoms with E-state index in [9.17, 15) is 4.79 Å². The van der Waals surface area contributed by atoms with Crippen LogP contribution in [0.4, 0.5) is 0 Å². The second kappa shape index (κ2) is 5.27. The van der Waals surface area contributed by atoms with Crippen LogP contribution < -0.4 is 0 Å². The van der Waals surface area contributed by atoms with Crippen molar-refractivity contribution in [1.82, 2.24) is 4.98 Å². The van der Waals surface area contributed by atoms with E-state index in [2.05, 4.69) is 4.98 Å². The van der Waals surface area contributed by atoms with Crippen molar-refractivity contribution in [1.29, 1.82) is 0 Å². The zero-order valence-electron chi connectivity index (χ0n) is 10.1. The smallest absolute Gasteiger partial charge is 0.335 e. The lowest BCUT2D eigenvalue weighted by Gasteiger charge is -2.00. The summed E-state index contributed by atoms with van der Waals surface area (Å²) in [6, 6.07) is 6.83. The Bertz CT molecular complexity index is 558. The van der Waals surface area contributed by atoms with Gasteiger partial charge in [-0.15, -0.1) is 11.8 Å². The maximum absolute atomic E-state index is 10.8. The summed E-state index contributed by atoms with van der Waals surface area (Å²) < 4.78 is 5.47. The summed E-state index contributed by atoms with van der Waals surface area (Å²) in [6.07, 6.45) is 0. The van der Waals surface area contributed by atoms with Crippen molar-refractivity contribution < 1.29 is 14.3 Å². The van der Waals surface area contributed by atoms with Crippen LogP contribution in [0.15, 0.2) is 33.6 Å². The highest BCUT2D eigenvalue weighted by Crippen LogP contribution is 2.24. The molecule has 1 heterocycles. The average molecular weight is 263 g/mol. The number of rotatable bonds is 4. The molecular weight excluding hydrogens is 250 g/mol. The molecule has 0 aliphatic heterocycles. The first-order chi connectivity index (χ1) is 8.56. The van der Waals surface area contributed by atoms with E-state index in [1.807, 2.05) is 19.9 Å². The van der Waals surface area contributed by atoms with Crippen molar-refractivity contribution in [2.45, 2.75) is 24.5 Å². The van der Waals surface area contributed by atoms with Crippen LogP contribution in [-0.2, 0) is 5.75 Å². The molecule has 0 bridgehead atoms. The fourth-order valence-corrected chi connectivity index (χ4v) is 2.26. The summed E-state index contributed by atoms with van der Waals surface area (Å²) >= 11 is 1.51. The van der Waals surface area contributed by atoms with Crippen LogP contribution in [-0.4, -0.2) is 16.1 Å². The second-order valence-electron chi connectivity index (χ2n) is 3.87. The topological polar surface area (TPSA) is 63.3 Å². The molecule has 0 saturated heterocycles. The van der Waals surface area contributed by atoms with Crippen molar-refractivity contribution in [2.24, 2.45) is 0 Å². The average Bonchev–Trinajstić information content (AvgIpc) is 2.67. The van der Waals surface area contributed by atoms with Gasteiger partial charge in [-0.3, -0.25) is 0 Å². The van der Waals surface area contributed by atoms with Crippen molar-refractivity contribution in [3.05, 3.63) is 47.2 Å². The van der Waals surface area contributed by atoms with Gasteiger partial charge in [0.15, 0.2) is 0 Å². The second-order valence-corrected chi connectivity index (χ2v) is 4.92. The van der Waals surface area contributed by atoms with E-state index in [4.69, 9.17) is 9.52 Å². The highest BCUT2D eigenvalue weighted by atomic mass is 32.2. The Hall–Kier alpha value is -1.75. The number of oxazole rings is 1. The minimum absolute atomic E-state index is 0.291. The number of aromatic carboxylic acids is 1. The SMILES string of the molecule is Cc1nc(CSc2cccc(C(=O)O)c2)oc1C. The Labute approximate surface area is 109 Å². The minimum atomic E-state index is -0.916. The molecule has 18 heavy (non-hydrogen) atoms. The molecule has 5 heteroatoms. The van der Waals surface area contributed by atoms with Gasteiger partial charge >= 0.3 is 5.97 Å². The number of hydrogen-bond acceptors (Lipinski definition) is 4. The van der Waals surface area contributed by atoms with Gasteiger partial charge in [0.1, 0.15) is 5.76 Å². The van der Waals surface area contributed by atoms with Gasteiger partial charge in [0.05, 0.1) is 17.0 Å². The van der Waals surface area contributed by atoms with Crippen LogP contribution in [0.25, 0.3) is 0 Å². The molecule has 2 aromatic rings. The number of aryl methyl sites for hydroxylation is 2. The standard InChI is InChI=1S/C13H13NO3S/c1-8-9(2)17-12(14-8)7-18-11-5-3-4-10(6-11)13(15)16/h3-6H,7H2,1-2H3,(H,15,16). The number of benzene rings is 1. The van der Waals surface area contributed by atoms with E-state index < -0.39 is 5.97 Å². The highest BCUT2D eigenvalue weighted by Gasteiger charge is 2.07. The summed E-state index contributed by atoms with van der Waals surface area (Å²) in [7, 11) is 0. The monoisotopic (exact) mass is 263 g/mol. The predicted octanol–water partition coefficient (Wildman–Crippen LogP) is 3.28. The summed E-state index contributed by atoms with van der Waals surface area (Å²) in [5, 5.41) is 8.89. The highest BCUT2D eigenvalue weighted by molar-refractivity contribution is 7.98. The van der Waals surface area contributed by atoms with Crippen molar-refractivity contribution in [3.63, 3.8) is 0 Å². The fraction of sp³-hybridized carbons (Fsp3) is 0.231. The fourth-order valence-electron chi connectivity index (χ4n) is 1.46. The Morgan fingerprint density at radius 1 is 1.44 bits per heavy atom. The third-order valence-corrected chi connectivity index (χ3v) is 3.49. The predicted molar refractivity (Wildman–Crippen MR) is 68.9 cm³/mol. The number of carboxylic acids is 1. The zero-order valence-corrected chi connectivity index (χ0v) is 11.0. The van der Waals surface area contributed by atoms with Gasteiger partial charge < -0.3 is 9.52 Å². The molecule has 0 saturated carbocycles. The van der Waals surface area contributed by atoms with Crippen molar-refractivity contribution in [3.8, 4) is 0 Å². The summed E-state index contributed by atoms with van der Waals surface area (Å²) in [5.74, 6) is 1.17. The molecule has 1 aromatic carbocycles. The van der Waals surface area contributed by atoms with E-state index in [0.717, 1.165) is 16.3 Å². The number of nitrogens with zero attached hydrogens (tertiary/aromatic N) is 1. The minimum Gasteiger partial charge on any atom is -0.478 e. The number of thioether (sulfide) groups is 1. The van der Waals surface area contributed by atoms with Gasteiger partial charge in [-0.2, -0.15) is 0 Å². The first kappa shape index (κ1) is 12.7. The molecule has 0 amide bonds. The zero-order chi connectivity index (χ0) is 13.1. The van der Waals surface area contributed by atoms with Gasteiger partial charge in [-0.05, 0) is 32.0 Å². The van der Waals surface area contributed by atoms with E-state index in [1.54, 1.807) is 18.2 Å². The molecule has 0 unspecified atom stereocenters. The Morgan fingerprint density at radius 2 is 2.22 bits per heavy atom. The third kappa shape index (κ3) is 2.92. The molecule has 0 aliphatic rings. The van der Waals surface area contributed by atoms with Crippen molar-refractivity contribution in [2.75, 3.05) is 0 Å². The molecule has 0 radical (unpaired) electrons. The number of hydrogen-bond donors (Lipinski definition) is 1. The van der Waals surface area contributed by atoms with Gasteiger partial charge in [-0.25, -0.2) is 9.78 Å². The van der Waals surface area contributed by atoms with Crippen LogP contribution in [0.3, 0.4) is 0 Å². The number of carboxylic acid groups (broad SMARTS) is 1. The van der Waals surface area contributed by atoms with Crippen LogP contribution in [0.1, 0.15) is 27.7 Å². The quantitative estimate of drug-likeness (QED) is 0.857. The summed E-state index contributed by atoms with van der Waals surface area (Å²) in [5.41, 5.74) is 1.18. The third-order valence-electron chi connectivity index (χ3n) is 2.52. The molecule has 94 valence electrons. The van der Waals surface area contributed by atoms with Gasteiger partial charge in [0, 0.05) is 4.90 Å². The normalized spacial score (nSPS) is 10.6. The molecule has 0 atom stereocenters. The lowest BCUT2D eigenvalue weighted by Crippen LogP contribution is -1.95. The lowest BCUT2D eigenvalue weighted by molar-refractivity contribution is 0.0696. The van der Waals surface area contributed by atoms with E-state index in [1.165, 1.54) is 11.8 Å². The molecule has 4 nitrogen and oxygen atoms in total. The molecule has 0 aliphatic carbocycles. The van der Waals surface area contributed by atoms with E-state index >= 15 is 0 Å². The lowest BCUT2D eigenvalue weighted by atomic mass is 10.2. The Kier molecular flexibility index (Phi) is 3.72. The molecule has 0 spiro atoms. The van der Waals surface area contributed by atoms with E-state index in [0.29, 0.717) is 17.2 Å². The van der Waals surface area contributed by atoms with Crippen LogP contribution >= 0.6 is 11.8 Å². The first-order valence-electron chi connectivity index (χ1n) is 5.45. The first-order valence-corrected chi connectivity index (χ1v) is 6.44. The maximum atomic E-state index is 10.8. The number of carbonyl (C=O) groups is 1. The van der Waals surface area contributed by atoms with E-state index in [-0.39, 0.29) is 0 Å². The molecule has 1 aromatic heterocycles. The van der Waals surface area contributed by atoms with Gasteiger partial charge in [0.25, 0.3) is 0 Å². The van der Waals surface area contributed by atoms with Gasteiger partial charge in [0.2, 0.25) is 5.89 Å². The van der Waals surface area contributed by atoms with Crippen LogP contribution in [0.2, 0.25) is 0 Å². The summed E-state index contributed by atoms with van der Waals surface area (Å²) in [4.78, 5) is 16.0. The Morgan fingerprint density at radius 3 is 2.83 bits per heavy atom. The Balaban J connectivity index is 2.06. The molecule has 0 fully saturated rings. The summed E-state index contributed by atoms with van der Waals surface area (Å²) in [6.45, 7) is 3.78. The maximum Gasteiger partial charge on any atom is 0.335 e. The number of aromatic nitrogens is 1. The van der Waals surface area contributed by atoms with Crippen LogP contribution in [0, 0.1) is 13.8 Å². The van der Waals surface area contributed by atoms with Gasteiger partial charge in [-0.1, -0.05) is 6.07 Å². The largest absolute Gasteiger partial charge is 0.478 e. The van der Waals surface area contributed by atoms with Crippen LogP contribution in [0.5, 0.6) is 0 Å². The molecule has 2 rings (SSSR count).